The molecule has 20 heavy (non-hydrogen) atoms. The molecule has 0 atom stereocenters. The molecule has 4 heteroatoms. The van der Waals surface area contributed by atoms with Crippen LogP contribution in [-0.4, -0.2) is 28.9 Å². The van der Waals surface area contributed by atoms with Crippen molar-refractivity contribution >= 4 is 17.2 Å². The first-order chi connectivity index (χ1) is 9.49. The summed E-state index contributed by atoms with van der Waals surface area (Å²) in [6, 6.07) is 0. The van der Waals surface area contributed by atoms with Crippen molar-refractivity contribution in [3.8, 4) is 0 Å². The molecule has 0 saturated carbocycles. The van der Waals surface area contributed by atoms with E-state index in [0.29, 0.717) is 11.8 Å². The van der Waals surface area contributed by atoms with Gasteiger partial charge < -0.3 is 4.90 Å². The second-order valence-corrected chi connectivity index (χ2v) is 7.19. The van der Waals surface area contributed by atoms with Crippen molar-refractivity contribution in [1.29, 1.82) is 0 Å². The summed E-state index contributed by atoms with van der Waals surface area (Å²) in [5.41, 5.74) is 0. The molecular formula is C16H28N2OS. The summed E-state index contributed by atoms with van der Waals surface area (Å²) >= 11 is 1.74. The maximum absolute atomic E-state index is 11.4. The first kappa shape index (κ1) is 17.2. The maximum atomic E-state index is 11.4. The minimum Gasteiger partial charge on any atom is -0.343 e. The fourth-order valence-electron chi connectivity index (χ4n) is 2.15. The molecule has 2 heterocycles. The predicted octanol–water partition coefficient (Wildman–Crippen LogP) is 4.00. The summed E-state index contributed by atoms with van der Waals surface area (Å²) < 4.78 is 0. The van der Waals surface area contributed by atoms with Crippen LogP contribution in [0.15, 0.2) is 11.6 Å². The Morgan fingerprint density at radius 2 is 1.90 bits per heavy atom. The monoisotopic (exact) mass is 296 g/mol. The highest BCUT2D eigenvalue weighted by Crippen LogP contribution is 2.11. The number of carbonyl (C=O) groups excluding carboxylic acids is 1. The van der Waals surface area contributed by atoms with Gasteiger partial charge in [-0.05, 0) is 24.7 Å². The molecule has 1 amide bonds. The molecular weight excluding hydrogens is 268 g/mol. The van der Waals surface area contributed by atoms with E-state index in [4.69, 9.17) is 0 Å². The highest BCUT2D eigenvalue weighted by molar-refractivity contribution is 7.09. The van der Waals surface area contributed by atoms with Gasteiger partial charge in [0.2, 0.25) is 5.91 Å². The van der Waals surface area contributed by atoms with E-state index in [1.807, 2.05) is 16.5 Å². The Hall–Kier alpha value is -0.900. The molecule has 1 aliphatic heterocycles. The highest BCUT2D eigenvalue weighted by atomic mass is 32.1. The van der Waals surface area contributed by atoms with Crippen molar-refractivity contribution in [3.05, 3.63) is 16.6 Å². The Balaban J connectivity index is 0.000000204. The molecule has 0 unspecified atom stereocenters. The SMILES string of the molecule is CC(C)CC(=O)N1CCCC1.CC(C)Cc1nccs1. The average Bonchev–Trinajstić information content (AvgIpc) is 2.99. The van der Waals surface area contributed by atoms with E-state index in [-0.39, 0.29) is 0 Å². The molecule has 1 saturated heterocycles. The standard InChI is InChI=1S/C9H17NO.C7H11NS/c1-8(2)7-9(11)10-5-3-4-6-10;1-6(2)5-7-8-3-4-9-7/h8H,3-7H2,1-2H3;3-4,6H,5H2,1-2H3. The van der Waals surface area contributed by atoms with Gasteiger partial charge in [0.1, 0.15) is 0 Å². The zero-order valence-corrected chi connectivity index (χ0v) is 14.1. The van der Waals surface area contributed by atoms with Gasteiger partial charge in [-0.3, -0.25) is 4.79 Å². The van der Waals surface area contributed by atoms with Crippen LogP contribution in [0.2, 0.25) is 0 Å². The van der Waals surface area contributed by atoms with Crippen molar-refractivity contribution in [2.24, 2.45) is 11.8 Å². The topological polar surface area (TPSA) is 33.2 Å². The zero-order valence-electron chi connectivity index (χ0n) is 13.3. The molecule has 114 valence electrons. The van der Waals surface area contributed by atoms with Crippen LogP contribution in [0.5, 0.6) is 0 Å². The molecule has 1 aromatic rings. The maximum Gasteiger partial charge on any atom is 0.222 e. The Kier molecular flexibility index (Phi) is 7.82. The van der Waals surface area contributed by atoms with Gasteiger partial charge in [0.15, 0.2) is 0 Å². The van der Waals surface area contributed by atoms with Crippen molar-refractivity contribution < 1.29 is 4.79 Å². The van der Waals surface area contributed by atoms with Gasteiger partial charge >= 0.3 is 0 Å². The van der Waals surface area contributed by atoms with Crippen molar-refractivity contribution in [2.45, 2.75) is 53.4 Å². The molecule has 0 aromatic carbocycles. The number of rotatable bonds is 4. The number of likely N-dealkylation sites (tertiary alicyclic amines) is 1. The van der Waals surface area contributed by atoms with E-state index >= 15 is 0 Å². The van der Waals surface area contributed by atoms with Crippen LogP contribution in [-0.2, 0) is 11.2 Å². The van der Waals surface area contributed by atoms with Gasteiger partial charge in [0.05, 0.1) is 5.01 Å². The van der Waals surface area contributed by atoms with Crippen LogP contribution in [0.4, 0.5) is 0 Å². The second kappa shape index (κ2) is 9.11. The van der Waals surface area contributed by atoms with Crippen molar-refractivity contribution in [2.75, 3.05) is 13.1 Å². The number of hydrogen-bond donors (Lipinski definition) is 0. The zero-order chi connectivity index (χ0) is 15.0. The third-order valence-electron chi connectivity index (χ3n) is 3.11. The lowest BCUT2D eigenvalue weighted by molar-refractivity contribution is -0.130. The van der Waals surface area contributed by atoms with E-state index in [0.717, 1.165) is 31.8 Å². The van der Waals surface area contributed by atoms with Gasteiger partial charge in [-0.1, -0.05) is 27.7 Å². The number of carbonyl (C=O) groups is 1. The van der Waals surface area contributed by atoms with Crippen LogP contribution >= 0.6 is 11.3 Å². The smallest absolute Gasteiger partial charge is 0.222 e. The Labute approximate surface area is 127 Å². The second-order valence-electron chi connectivity index (χ2n) is 6.21. The summed E-state index contributed by atoms with van der Waals surface area (Å²) in [6.07, 6.45) is 6.10. The summed E-state index contributed by atoms with van der Waals surface area (Å²) in [4.78, 5) is 17.5. The molecule has 1 fully saturated rings. The van der Waals surface area contributed by atoms with Crippen LogP contribution < -0.4 is 0 Å². The molecule has 0 aliphatic carbocycles. The van der Waals surface area contributed by atoms with Gasteiger partial charge in [0.25, 0.3) is 0 Å². The lowest BCUT2D eigenvalue weighted by atomic mass is 10.1. The molecule has 0 spiro atoms. The molecule has 0 bridgehead atoms. The molecule has 1 aliphatic rings. The van der Waals surface area contributed by atoms with Gasteiger partial charge in [-0.15, -0.1) is 11.3 Å². The summed E-state index contributed by atoms with van der Waals surface area (Å²) in [7, 11) is 0. The van der Waals surface area contributed by atoms with Crippen LogP contribution in [0, 0.1) is 11.8 Å². The van der Waals surface area contributed by atoms with Crippen molar-refractivity contribution in [3.63, 3.8) is 0 Å². The van der Waals surface area contributed by atoms with E-state index in [2.05, 4.69) is 32.7 Å². The molecule has 2 rings (SSSR count). The normalized spacial score (nSPS) is 14.6. The van der Waals surface area contributed by atoms with Crippen LogP contribution in [0.3, 0.4) is 0 Å². The fourth-order valence-corrected chi connectivity index (χ4v) is 2.98. The number of amides is 1. The summed E-state index contributed by atoms with van der Waals surface area (Å²) in [5.74, 6) is 1.58. The summed E-state index contributed by atoms with van der Waals surface area (Å²) in [6.45, 7) is 10.6. The average molecular weight is 296 g/mol. The third-order valence-corrected chi connectivity index (χ3v) is 3.91. The van der Waals surface area contributed by atoms with Crippen LogP contribution in [0.1, 0.15) is 52.0 Å². The minimum absolute atomic E-state index is 0.345. The van der Waals surface area contributed by atoms with E-state index in [9.17, 15) is 4.79 Å². The number of nitrogens with zero attached hydrogens (tertiary/aromatic N) is 2. The molecule has 0 radical (unpaired) electrons. The lowest BCUT2D eigenvalue weighted by Gasteiger charge is -2.16. The molecule has 0 N–H and O–H groups in total. The van der Waals surface area contributed by atoms with E-state index < -0.39 is 0 Å². The quantitative estimate of drug-likeness (QED) is 0.841. The minimum atomic E-state index is 0.345. The first-order valence-electron chi connectivity index (χ1n) is 7.65. The Morgan fingerprint density at radius 1 is 1.25 bits per heavy atom. The molecule has 1 aromatic heterocycles. The number of aromatic nitrogens is 1. The van der Waals surface area contributed by atoms with Crippen LogP contribution in [0.25, 0.3) is 0 Å². The van der Waals surface area contributed by atoms with Crippen molar-refractivity contribution in [1.82, 2.24) is 9.88 Å². The number of hydrogen-bond acceptors (Lipinski definition) is 3. The number of thiazole rings is 1. The molecule has 3 nitrogen and oxygen atoms in total. The Bertz CT molecular complexity index is 368. The van der Waals surface area contributed by atoms with Gasteiger partial charge in [-0.2, -0.15) is 0 Å². The van der Waals surface area contributed by atoms with E-state index in [1.54, 1.807) is 11.3 Å². The summed E-state index contributed by atoms with van der Waals surface area (Å²) in [5, 5.41) is 3.28. The third kappa shape index (κ3) is 7.04. The van der Waals surface area contributed by atoms with Gasteiger partial charge in [-0.25, -0.2) is 4.98 Å². The predicted molar refractivity (Wildman–Crippen MR) is 85.9 cm³/mol. The highest BCUT2D eigenvalue weighted by Gasteiger charge is 2.17. The Morgan fingerprint density at radius 3 is 2.35 bits per heavy atom. The van der Waals surface area contributed by atoms with Gasteiger partial charge in [0, 0.05) is 37.5 Å². The first-order valence-corrected chi connectivity index (χ1v) is 8.53. The lowest BCUT2D eigenvalue weighted by Crippen LogP contribution is -2.28. The van der Waals surface area contributed by atoms with E-state index in [1.165, 1.54) is 17.8 Å². The fraction of sp³-hybridized carbons (Fsp3) is 0.750. The largest absolute Gasteiger partial charge is 0.343 e.